The van der Waals surface area contributed by atoms with E-state index in [-0.39, 0.29) is 10.6 Å². The van der Waals surface area contributed by atoms with Crippen LogP contribution < -0.4 is 5.32 Å². The maximum absolute atomic E-state index is 10.7. The standard InChI is InChI=1S/C12H13N3O2S2/c16-15(17)8-3-4-11-10(6-8)14-12(19-11)18-9-2-1-5-13-7-9/h3-4,6,9,13H,1-2,5,7H2/t9-/m1/s1. The molecule has 1 saturated heterocycles. The Bertz CT molecular complexity index is 608. The van der Waals surface area contributed by atoms with E-state index in [1.54, 1.807) is 35.2 Å². The molecule has 3 rings (SSSR count). The quantitative estimate of drug-likeness (QED) is 0.696. The molecule has 0 spiro atoms. The first-order valence-corrected chi connectivity index (χ1v) is 7.84. The van der Waals surface area contributed by atoms with Gasteiger partial charge in [-0.25, -0.2) is 4.98 Å². The highest BCUT2D eigenvalue weighted by atomic mass is 32.2. The third-order valence-electron chi connectivity index (χ3n) is 3.08. The summed E-state index contributed by atoms with van der Waals surface area (Å²) < 4.78 is 2.01. The number of benzene rings is 1. The summed E-state index contributed by atoms with van der Waals surface area (Å²) in [6, 6.07) is 4.88. The predicted molar refractivity (Wildman–Crippen MR) is 78.0 cm³/mol. The number of nitro groups is 1. The van der Waals surface area contributed by atoms with Gasteiger partial charge < -0.3 is 5.32 Å². The van der Waals surface area contributed by atoms with E-state index in [0.29, 0.717) is 5.25 Å². The second-order valence-electron chi connectivity index (χ2n) is 4.48. The number of nitrogens with one attached hydrogen (secondary N) is 1. The number of hydrogen-bond donors (Lipinski definition) is 1. The highest BCUT2D eigenvalue weighted by Gasteiger charge is 2.17. The summed E-state index contributed by atoms with van der Waals surface area (Å²) >= 11 is 3.39. The molecule has 100 valence electrons. The van der Waals surface area contributed by atoms with Crippen molar-refractivity contribution in [2.75, 3.05) is 13.1 Å². The highest BCUT2D eigenvalue weighted by Crippen LogP contribution is 2.35. The molecule has 0 radical (unpaired) electrons. The van der Waals surface area contributed by atoms with Crippen LogP contribution in [-0.2, 0) is 0 Å². The second-order valence-corrected chi connectivity index (χ2v) is 7.05. The molecule has 1 fully saturated rings. The molecule has 1 aliphatic heterocycles. The summed E-state index contributed by atoms with van der Waals surface area (Å²) in [6.07, 6.45) is 2.40. The van der Waals surface area contributed by atoms with Crippen molar-refractivity contribution in [3.05, 3.63) is 28.3 Å². The van der Waals surface area contributed by atoms with Crippen LogP contribution in [0.15, 0.2) is 22.5 Å². The van der Waals surface area contributed by atoms with Gasteiger partial charge in [-0.2, -0.15) is 0 Å². The fourth-order valence-corrected chi connectivity index (χ4v) is 4.59. The molecule has 19 heavy (non-hydrogen) atoms. The van der Waals surface area contributed by atoms with Crippen LogP contribution in [0.2, 0.25) is 0 Å². The fourth-order valence-electron chi connectivity index (χ4n) is 2.12. The van der Waals surface area contributed by atoms with Gasteiger partial charge >= 0.3 is 0 Å². The molecule has 1 aromatic heterocycles. The van der Waals surface area contributed by atoms with Gasteiger partial charge in [-0.1, -0.05) is 11.8 Å². The Kier molecular flexibility index (Phi) is 3.67. The molecule has 0 unspecified atom stereocenters. The lowest BCUT2D eigenvalue weighted by Gasteiger charge is -2.20. The minimum Gasteiger partial charge on any atom is -0.316 e. The first-order chi connectivity index (χ1) is 9.22. The number of fused-ring (bicyclic) bond motifs is 1. The molecule has 0 aliphatic carbocycles. The van der Waals surface area contributed by atoms with Crippen LogP contribution in [0.4, 0.5) is 5.69 Å². The summed E-state index contributed by atoms with van der Waals surface area (Å²) in [5, 5.41) is 14.7. The Hall–Kier alpha value is -1.18. The summed E-state index contributed by atoms with van der Waals surface area (Å²) in [7, 11) is 0. The number of piperidine rings is 1. The van der Waals surface area contributed by atoms with Crippen LogP contribution in [0.5, 0.6) is 0 Å². The largest absolute Gasteiger partial charge is 0.316 e. The van der Waals surface area contributed by atoms with Crippen LogP contribution >= 0.6 is 23.1 Å². The van der Waals surface area contributed by atoms with Crippen LogP contribution in [0, 0.1) is 10.1 Å². The lowest BCUT2D eigenvalue weighted by Crippen LogP contribution is -2.31. The van der Waals surface area contributed by atoms with Gasteiger partial charge in [0.05, 0.1) is 15.1 Å². The van der Waals surface area contributed by atoms with Crippen molar-refractivity contribution in [3.8, 4) is 0 Å². The van der Waals surface area contributed by atoms with Crippen molar-refractivity contribution in [1.29, 1.82) is 0 Å². The predicted octanol–water partition coefficient (Wildman–Crippen LogP) is 3.05. The molecule has 0 amide bonds. The van der Waals surface area contributed by atoms with E-state index >= 15 is 0 Å². The average Bonchev–Trinajstić information content (AvgIpc) is 2.80. The lowest BCUT2D eigenvalue weighted by molar-refractivity contribution is -0.384. The SMILES string of the molecule is O=[N+]([O-])c1ccc2sc(S[C@@H]3CCCNC3)nc2c1. The monoisotopic (exact) mass is 295 g/mol. The topological polar surface area (TPSA) is 68.1 Å². The Balaban J connectivity index is 1.82. The van der Waals surface area contributed by atoms with Gasteiger partial charge in [0.15, 0.2) is 4.34 Å². The van der Waals surface area contributed by atoms with E-state index in [0.717, 1.165) is 27.6 Å². The number of thioether (sulfide) groups is 1. The van der Waals surface area contributed by atoms with Crippen LogP contribution in [-0.4, -0.2) is 28.2 Å². The first-order valence-electron chi connectivity index (χ1n) is 6.15. The molecule has 7 heteroatoms. The minimum atomic E-state index is -0.378. The van der Waals surface area contributed by atoms with Gasteiger partial charge in [-0.15, -0.1) is 11.3 Å². The van der Waals surface area contributed by atoms with Crippen molar-refractivity contribution < 1.29 is 4.92 Å². The molecule has 1 N–H and O–H groups in total. The van der Waals surface area contributed by atoms with Crippen molar-refractivity contribution in [2.24, 2.45) is 0 Å². The highest BCUT2D eigenvalue weighted by molar-refractivity contribution is 8.01. The molecule has 1 atom stereocenters. The first kappa shape index (κ1) is 12.8. The zero-order valence-electron chi connectivity index (χ0n) is 10.2. The van der Waals surface area contributed by atoms with Gasteiger partial charge in [0.2, 0.25) is 0 Å². The third kappa shape index (κ3) is 2.88. The number of hydrogen-bond acceptors (Lipinski definition) is 6. The normalized spacial score (nSPS) is 19.7. The van der Waals surface area contributed by atoms with E-state index in [1.165, 1.54) is 18.9 Å². The molecule has 2 aromatic rings. The number of nitrogens with zero attached hydrogens (tertiary/aromatic N) is 2. The molecule has 1 aromatic carbocycles. The van der Waals surface area contributed by atoms with E-state index in [2.05, 4.69) is 10.3 Å². The molecular weight excluding hydrogens is 282 g/mol. The minimum absolute atomic E-state index is 0.105. The summed E-state index contributed by atoms with van der Waals surface area (Å²) in [4.78, 5) is 14.9. The van der Waals surface area contributed by atoms with Crippen LogP contribution in [0.1, 0.15) is 12.8 Å². The number of non-ortho nitro benzene ring substituents is 1. The maximum atomic E-state index is 10.7. The van der Waals surface area contributed by atoms with E-state index < -0.39 is 0 Å². The Labute approximate surface area is 118 Å². The molecule has 0 bridgehead atoms. The van der Waals surface area contributed by atoms with Gasteiger partial charge in [0, 0.05) is 23.9 Å². The fraction of sp³-hybridized carbons (Fsp3) is 0.417. The summed E-state index contributed by atoms with van der Waals surface area (Å²) in [5.41, 5.74) is 0.833. The van der Waals surface area contributed by atoms with Crippen LogP contribution in [0.3, 0.4) is 0 Å². The Morgan fingerprint density at radius 1 is 1.53 bits per heavy atom. The molecular formula is C12H13N3O2S2. The van der Waals surface area contributed by atoms with Crippen molar-refractivity contribution in [1.82, 2.24) is 10.3 Å². The van der Waals surface area contributed by atoms with Crippen molar-refractivity contribution in [3.63, 3.8) is 0 Å². The average molecular weight is 295 g/mol. The van der Waals surface area contributed by atoms with E-state index in [9.17, 15) is 10.1 Å². The second kappa shape index (κ2) is 5.44. The molecule has 5 nitrogen and oxygen atoms in total. The van der Waals surface area contributed by atoms with E-state index in [4.69, 9.17) is 0 Å². The summed E-state index contributed by atoms with van der Waals surface area (Å²) in [5.74, 6) is 0. The van der Waals surface area contributed by atoms with Crippen molar-refractivity contribution >= 4 is 39.0 Å². The Morgan fingerprint density at radius 3 is 3.16 bits per heavy atom. The number of aromatic nitrogens is 1. The molecule has 2 heterocycles. The maximum Gasteiger partial charge on any atom is 0.271 e. The molecule has 0 saturated carbocycles. The van der Waals surface area contributed by atoms with Crippen molar-refractivity contribution in [2.45, 2.75) is 22.4 Å². The van der Waals surface area contributed by atoms with E-state index in [1.807, 2.05) is 0 Å². The van der Waals surface area contributed by atoms with Gasteiger partial charge in [0.25, 0.3) is 5.69 Å². The van der Waals surface area contributed by atoms with Gasteiger partial charge in [0.1, 0.15) is 0 Å². The van der Waals surface area contributed by atoms with Crippen LogP contribution in [0.25, 0.3) is 10.2 Å². The number of thiazole rings is 1. The smallest absolute Gasteiger partial charge is 0.271 e. The summed E-state index contributed by atoms with van der Waals surface area (Å²) in [6.45, 7) is 2.11. The Morgan fingerprint density at radius 2 is 2.42 bits per heavy atom. The van der Waals surface area contributed by atoms with Gasteiger partial charge in [-0.05, 0) is 25.5 Å². The number of nitro benzene ring substituents is 1. The van der Waals surface area contributed by atoms with Gasteiger partial charge in [-0.3, -0.25) is 10.1 Å². The lowest BCUT2D eigenvalue weighted by atomic mass is 10.2. The number of rotatable bonds is 3. The molecule has 1 aliphatic rings. The zero-order chi connectivity index (χ0) is 13.2. The third-order valence-corrected chi connectivity index (χ3v) is 5.48. The zero-order valence-corrected chi connectivity index (χ0v) is 11.8.